The van der Waals surface area contributed by atoms with Crippen molar-refractivity contribution in [3.05, 3.63) is 41.1 Å². The van der Waals surface area contributed by atoms with Crippen molar-refractivity contribution in [2.75, 3.05) is 5.73 Å². The molecule has 2 N–H and O–H groups in total. The number of hydrogen-bond donors (Lipinski definition) is 1. The molecule has 4 nitrogen and oxygen atoms in total. The molecule has 2 aromatic rings. The van der Waals surface area contributed by atoms with Crippen LogP contribution in [-0.2, 0) is 12.8 Å². The fourth-order valence-corrected chi connectivity index (χ4v) is 2.51. The minimum absolute atomic E-state index is 0.243. The summed E-state index contributed by atoms with van der Waals surface area (Å²) < 4.78 is 5.77. The van der Waals surface area contributed by atoms with Gasteiger partial charge in [0.2, 0.25) is 11.8 Å². The van der Waals surface area contributed by atoms with E-state index in [0.29, 0.717) is 5.88 Å². The highest BCUT2D eigenvalue weighted by Crippen LogP contribution is 2.27. The molecule has 1 aromatic carbocycles. The predicted octanol–water partition coefficient (Wildman–Crippen LogP) is 3.04. The van der Waals surface area contributed by atoms with Crippen molar-refractivity contribution in [1.29, 1.82) is 0 Å². The number of ether oxygens (including phenoxy) is 1. The standard InChI is InChI=1S/C15H17N3O/c1-10-8-14(18-15(16)17-10)19-13-7-6-11-4-2-3-5-12(11)9-13/h6-9H,2-5H2,1H3,(H2,16,17,18). The number of anilines is 1. The van der Waals surface area contributed by atoms with E-state index in [9.17, 15) is 0 Å². The van der Waals surface area contributed by atoms with E-state index in [1.165, 1.54) is 30.4 Å². The molecular formula is C15H17N3O. The Morgan fingerprint density at radius 2 is 1.84 bits per heavy atom. The van der Waals surface area contributed by atoms with Gasteiger partial charge in [-0.3, -0.25) is 0 Å². The summed E-state index contributed by atoms with van der Waals surface area (Å²) in [6, 6.07) is 8.05. The smallest absolute Gasteiger partial charge is 0.224 e. The molecule has 19 heavy (non-hydrogen) atoms. The summed E-state index contributed by atoms with van der Waals surface area (Å²) in [6.07, 6.45) is 4.86. The molecule has 3 rings (SSSR count). The van der Waals surface area contributed by atoms with Gasteiger partial charge in [0.05, 0.1) is 0 Å². The van der Waals surface area contributed by atoms with E-state index in [1.807, 2.05) is 13.0 Å². The van der Waals surface area contributed by atoms with Crippen LogP contribution in [0.5, 0.6) is 11.6 Å². The Labute approximate surface area is 112 Å². The summed E-state index contributed by atoms with van der Waals surface area (Å²) in [7, 11) is 0. The van der Waals surface area contributed by atoms with Gasteiger partial charge in [-0.25, -0.2) is 4.98 Å². The van der Waals surface area contributed by atoms with E-state index in [4.69, 9.17) is 10.5 Å². The SMILES string of the molecule is Cc1cc(Oc2ccc3c(c2)CCCC3)nc(N)n1. The van der Waals surface area contributed by atoms with E-state index in [1.54, 1.807) is 6.07 Å². The van der Waals surface area contributed by atoms with Gasteiger partial charge >= 0.3 is 0 Å². The van der Waals surface area contributed by atoms with Gasteiger partial charge in [0, 0.05) is 11.8 Å². The Hall–Kier alpha value is -2.10. The number of hydrogen-bond acceptors (Lipinski definition) is 4. The number of aryl methyl sites for hydroxylation is 3. The lowest BCUT2D eigenvalue weighted by Gasteiger charge is -2.16. The molecule has 0 saturated carbocycles. The van der Waals surface area contributed by atoms with E-state index < -0.39 is 0 Å². The molecule has 0 saturated heterocycles. The van der Waals surface area contributed by atoms with Crippen molar-refractivity contribution in [2.24, 2.45) is 0 Å². The van der Waals surface area contributed by atoms with Crippen LogP contribution in [0.15, 0.2) is 24.3 Å². The van der Waals surface area contributed by atoms with Gasteiger partial charge in [-0.15, -0.1) is 0 Å². The Kier molecular flexibility index (Phi) is 3.07. The van der Waals surface area contributed by atoms with Crippen LogP contribution in [-0.4, -0.2) is 9.97 Å². The molecule has 1 aliphatic carbocycles. The minimum atomic E-state index is 0.243. The predicted molar refractivity (Wildman–Crippen MR) is 74.3 cm³/mol. The topological polar surface area (TPSA) is 61.0 Å². The van der Waals surface area contributed by atoms with Crippen LogP contribution in [0.3, 0.4) is 0 Å². The van der Waals surface area contributed by atoms with E-state index in [0.717, 1.165) is 17.9 Å². The Balaban J connectivity index is 1.86. The van der Waals surface area contributed by atoms with Crippen molar-refractivity contribution >= 4 is 5.95 Å². The Morgan fingerprint density at radius 1 is 1.05 bits per heavy atom. The van der Waals surface area contributed by atoms with Gasteiger partial charge in [-0.2, -0.15) is 4.98 Å². The van der Waals surface area contributed by atoms with Crippen LogP contribution in [0.2, 0.25) is 0 Å². The molecule has 0 spiro atoms. The number of fused-ring (bicyclic) bond motifs is 1. The fraction of sp³-hybridized carbons (Fsp3) is 0.333. The van der Waals surface area contributed by atoms with Crippen molar-refractivity contribution in [3.8, 4) is 11.6 Å². The molecule has 0 radical (unpaired) electrons. The van der Waals surface area contributed by atoms with Crippen molar-refractivity contribution in [1.82, 2.24) is 9.97 Å². The second-order valence-electron chi connectivity index (χ2n) is 4.95. The fourth-order valence-electron chi connectivity index (χ4n) is 2.51. The molecule has 4 heteroatoms. The van der Waals surface area contributed by atoms with Crippen LogP contribution in [0.1, 0.15) is 29.7 Å². The van der Waals surface area contributed by atoms with Crippen molar-refractivity contribution < 1.29 is 4.74 Å². The van der Waals surface area contributed by atoms with Crippen molar-refractivity contribution in [3.63, 3.8) is 0 Å². The molecule has 1 heterocycles. The van der Waals surface area contributed by atoms with Gasteiger partial charge < -0.3 is 10.5 Å². The summed E-state index contributed by atoms with van der Waals surface area (Å²) in [5.74, 6) is 1.56. The maximum Gasteiger partial charge on any atom is 0.224 e. The van der Waals surface area contributed by atoms with E-state index in [2.05, 4.69) is 22.1 Å². The highest BCUT2D eigenvalue weighted by molar-refractivity contribution is 5.39. The monoisotopic (exact) mass is 255 g/mol. The summed E-state index contributed by atoms with van der Waals surface area (Å²) >= 11 is 0. The molecule has 0 fully saturated rings. The molecule has 0 amide bonds. The largest absolute Gasteiger partial charge is 0.439 e. The second-order valence-corrected chi connectivity index (χ2v) is 4.95. The van der Waals surface area contributed by atoms with Crippen molar-refractivity contribution in [2.45, 2.75) is 32.6 Å². The number of rotatable bonds is 2. The minimum Gasteiger partial charge on any atom is -0.439 e. The zero-order valence-corrected chi connectivity index (χ0v) is 11.0. The number of nitrogens with zero attached hydrogens (tertiary/aromatic N) is 2. The summed E-state index contributed by atoms with van der Waals surface area (Å²) in [5, 5.41) is 0. The van der Waals surface area contributed by atoms with Gasteiger partial charge in [-0.05, 0) is 55.9 Å². The lowest BCUT2D eigenvalue weighted by atomic mass is 9.92. The normalized spacial score (nSPS) is 13.9. The molecule has 0 atom stereocenters. The third-order valence-corrected chi connectivity index (χ3v) is 3.39. The van der Waals surface area contributed by atoms with Gasteiger partial charge in [0.25, 0.3) is 0 Å². The zero-order valence-electron chi connectivity index (χ0n) is 11.0. The first-order valence-electron chi connectivity index (χ1n) is 6.61. The lowest BCUT2D eigenvalue weighted by molar-refractivity contribution is 0.460. The van der Waals surface area contributed by atoms with Crippen LogP contribution in [0, 0.1) is 6.92 Å². The number of nitrogen functional groups attached to an aromatic ring is 1. The molecule has 98 valence electrons. The zero-order chi connectivity index (χ0) is 13.2. The number of benzene rings is 1. The maximum atomic E-state index is 5.77. The van der Waals surface area contributed by atoms with Crippen LogP contribution < -0.4 is 10.5 Å². The third-order valence-electron chi connectivity index (χ3n) is 3.39. The van der Waals surface area contributed by atoms with Crippen LogP contribution in [0.4, 0.5) is 5.95 Å². The van der Waals surface area contributed by atoms with E-state index >= 15 is 0 Å². The number of aromatic nitrogens is 2. The average Bonchev–Trinajstić information content (AvgIpc) is 2.37. The molecule has 1 aromatic heterocycles. The molecule has 1 aliphatic rings. The van der Waals surface area contributed by atoms with Gasteiger partial charge in [0.15, 0.2) is 0 Å². The van der Waals surface area contributed by atoms with Gasteiger partial charge in [-0.1, -0.05) is 6.07 Å². The highest BCUT2D eigenvalue weighted by Gasteiger charge is 2.10. The summed E-state index contributed by atoms with van der Waals surface area (Å²) in [5.41, 5.74) is 9.26. The first-order valence-corrected chi connectivity index (χ1v) is 6.61. The first kappa shape index (κ1) is 12.0. The summed E-state index contributed by atoms with van der Waals surface area (Å²) in [4.78, 5) is 8.12. The van der Waals surface area contributed by atoms with Gasteiger partial charge in [0.1, 0.15) is 5.75 Å². The summed E-state index contributed by atoms with van der Waals surface area (Å²) in [6.45, 7) is 1.87. The first-order chi connectivity index (χ1) is 9.20. The Bertz CT molecular complexity index is 590. The third kappa shape index (κ3) is 2.67. The lowest BCUT2D eigenvalue weighted by Crippen LogP contribution is -2.03. The quantitative estimate of drug-likeness (QED) is 0.896. The van der Waals surface area contributed by atoms with Crippen LogP contribution >= 0.6 is 0 Å². The molecule has 0 bridgehead atoms. The second kappa shape index (κ2) is 4.88. The Morgan fingerprint density at radius 3 is 2.63 bits per heavy atom. The molecular weight excluding hydrogens is 238 g/mol. The molecule has 0 unspecified atom stereocenters. The highest BCUT2D eigenvalue weighted by atomic mass is 16.5. The molecule has 0 aliphatic heterocycles. The average molecular weight is 255 g/mol. The maximum absolute atomic E-state index is 5.77. The number of nitrogens with two attached hydrogens (primary N) is 1. The van der Waals surface area contributed by atoms with Crippen LogP contribution in [0.25, 0.3) is 0 Å². The van der Waals surface area contributed by atoms with E-state index in [-0.39, 0.29) is 5.95 Å².